The fourth-order valence-electron chi connectivity index (χ4n) is 3.86. The van der Waals surface area contributed by atoms with Gasteiger partial charge in [-0.25, -0.2) is 4.79 Å². The second-order valence-electron chi connectivity index (χ2n) is 6.87. The van der Waals surface area contributed by atoms with E-state index in [-0.39, 0.29) is 12.1 Å². The first-order valence-electron chi connectivity index (χ1n) is 8.58. The van der Waals surface area contributed by atoms with Gasteiger partial charge < -0.3 is 19.5 Å². The Morgan fingerprint density at radius 2 is 1.96 bits per heavy atom. The molecule has 0 saturated carbocycles. The first-order chi connectivity index (χ1) is 12.5. The van der Waals surface area contributed by atoms with Gasteiger partial charge in [-0.1, -0.05) is 18.2 Å². The van der Waals surface area contributed by atoms with Crippen molar-refractivity contribution in [2.45, 2.75) is 32.0 Å². The third-order valence-electron chi connectivity index (χ3n) is 5.06. The number of hydrogen-bond acceptors (Lipinski definition) is 4. The molecule has 136 valence electrons. The molecule has 2 aliphatic rings. The number of carbonyl (C=O) groups is 1. The molecule has 1 unspecified atom stereocenters. The predicted octanol–water partition coefficient (Wildman–Crippen LogP) is 3.78. The zero-order chi connectivity index (χ0) is 18.5. The van der Waals surface area contributed by atoms with Crippen molar-refractivity contribution in [1.29, 1.82) is 0 Å². The van der Waals surface area contributed by atoms with Crippen LogP contribution in [0.1, 0.15) is 30.5 Å². The molecule has 2 amide bonds. The lowest BCUT2D eigenvalue weighted by atomic mass is 9.89. The third-order valence-corrected chi connectivity index (χ3v) is 5.06. The van der Waals surface area contributed by atoms with Gasteiger partial charge in [0.25, 0.3) is 0 Å². The van der Waals surface area contributed by atoms with Crippen molar-refractivity contribution >= 4 is 11.7 Å². The highest BCUT2D eigenvalue weighted by atomic mass is 16.5. The van der Waals surface area contributed by atoms with Gasteiger partial charge in [-0.15, -0.1) is 0 Å². The van der Waals surface area contributed by atoms with Crippen LogP contribution in [-0.4, -0.2) is 26.0 Å². The lowest BCUT2D eigenvalue weighted by molar-refractivity contribution is 0.0346. The topological polar surface area (TPSA) is 60.0 Å². The van der Waals surface area contributed by atoms with Crippen molar-refractivity contribution in [1.82, 2.24) is 5.32 Å². The molecule has 2 aromatic rings. The number of rotatable bonds is 3. The number of hydrogen-bond donors (Lipinski definition) is 1. The lowest BCUT2D eigenvalue weighted by Crippen LogP contribution is -2.65. The molecule has 2 aliphatic heterocycles. The van der Waals surface area contributed by atoms with Crippen LogP contribution < -0.4 is 24.4 Å². The van der Waals surface area contributed by atoms with E-state index in [1.54, 1.807) is 19.1 Å². The fourth-order valence-corrected chi connectivity index (χ4v) is 3.86. The Kier molecular flexibility index (Phi) is 3.72. The van der Waals surface area contributed by atoms with Crippen LogP contribution in [0, 0.1) is 6.92 Å². The zero-order valence-electron chi connectivity index (χ0n) is 15.3. The minimum absolute atomic E-state index is 0.126. The number of urea groups is 1. The molecule has 1 fully saturated rings. The highest BCUT2D eigenvalue weighted by molar-refractivity contribution is 5.96. The molecule has 1 N–H and O–H groups in total. The van der Waals surface area contributed by atoms with Crippen molar-refractivity contribution in [3.8, 4) is 17.2 Å². The van der Waals surface area contributed by atoms with E-state index in [1.165, 1.54) is 0 Å². The third kappa shape index (κ3) is 2.36. The number of benzene rings is 2. The summed E-state index contributed by atoms with van der Waals surface area (Å²) in [5.74, 6) is 1.95. The fraction of sp³-hybridized carbons (Fsp3) is 0.350. The first kappa shape index (κ1) is 16.6. The molecule has 4 rings (SSSR count). The summed E-state index contributed by atoms with van der Waals surface area (Å²) in [6, 6.07) is 11.2. The van der Waals surface area contributed by atoms with E-state index in [4.69, 9.17) is 14.2 Å². The number of ether oxygens (including phenoxy) is 3. The van der Waals surface area contributed by atoms with Crippen LogP contribution >= 0.6 is 0 Å². The van der Waals surface area contributed by atoms with E-state index in [2.05, 4.69) is 5.32 Å². The SMILES string of the molecule is COc1ccc(C)cc1N1C(=O)NC2C[C@@]1(C)Oc1c(OC)cccc12. The molecule has 0 aliphatic carbocycles. The highest BCUT2D eigenvalue weighted by Crippen LogP contribution is 2.50. The smallest absolute Gasteiger partial charge is 0.325 e. The van der Waals surface area contributed by atoms with E-state index in [0.29, 0.717) is 29.4 Å². The Morgan fingerprint density at radius 1 is 1.19 bits per heavy atom. The summed E-state index contributed by atoms with van der Waals surface area (Å²) in [5, 5.41) is 3.10. The number of amides is 2. The molecule has 0 radical (unpaired) electrons. The summed E-state index contributed by atoms with van der Waals surface area (Å²) < 4.78 is 17.3. The standard InChI is InChI=1S/C20H22N2O4/c1-12-8-9-16(24-3)15(10-12)22-19(23)21-14-11-20(22,2)26-18-13(14)6-5-7-17(18)25-4/h5-10,14H,11H2,1-4H3,(H,21,23)/t14?,20-/m1/s1. The Balaban J connectivity index is 1.86. The first-order valence-corrected chi connectivity index (χ1v) is 8.58. The van der Waals surface area contributed by atoms with Crippen LogP contribution in [0.3, 0.4) is 0 Å². The number of anilines is 1. The van der Waals surface area contributed by atoms with Crippen molar-refractivity contribution in [3.63, 3.8) is 0 Å². The molecular formula is C20H22N2O4. The summed E-state index contributed by atoms with van der Waals surface area (Å²) in [7, 11) is 3.22. The summed E-state index contributed by atoms with van der Waals surface area (Å²) in [5.41, 5.74) is 1.80. The van der Waals surface area contributed by atoms with Crippen LogP contribution in [0.5, 0.6) is 17.2 Å². The van der Waals surface area contributed by atoms with E-state index in [9.17, 15) is 4.79 Å². The van der Waals surface area contributed by atoms with Crippen molar-refractivity contribution in [3.05, 3.63) is 47.5 Å². The second-order valence-corrected chi connectivity index (χ2v) is 6.87. The monoisotopic (exact) mass is 354 g/mol. The summed E-state index contributed by atoms with van der Waals surface area (Å²) >= 11 is 0. The maximum atomic E-state index is 13.0. The Hall–Kier alpha value is -2.89. The molecule has 6 nitrogen and oxygen atoms in total. The number of nitrogens with zero attached hydrogens (tertiary/aromatic N) is 1. The summed E-state index contributed by atoms with van der Waals surface area (Å²) in [6.07, 6.45) is 0.621. The van der Waals surface area contributed by atoms with Gasteiger partial charge in [-0.05, 0) is 37.6 Å². The van der Waals surface area contributed by atoms with E-state index >= 15 is 0 Å². The van der Waals surface area contributed by atoms with Crippen molar-refractivity contribution in [2.24, 2.45) is 0 Å². The molecule has 1 saturated heterocycles. The van der Waals surface area contributed by atoms with Gasteiger partial charge in [-0.2, -0.15) is 0 Å². The zero-order valence-corrected chi connectivity index (χ0v) is 15.3. The van der Waals surface area contributed by atoms with Crippen molar-refractivity contribution in [2.75, 3.05) is 19.1 Å². The van der Waals surface area contributed by atoms with Crippen LogP contribution in [0.2, 0.25) is 0 Å². The number of methoxy groups -OCH3 is 2. The molecular weight excluding hydrogens is 332 g/mol. The number of nitrogens with one attached hydrogen (secondary N) is 1. The number of carbonyl (C=O) groups excluding carboxylic acids is 1. The second kappa shape index (κ2) is 5.83. The average molecular weight is 354 g/mol. The molecule has 0 aromatic heterocycles. The van der Waals surface area contributed by atoms with Gasteiger partial charge in [0, 0.05) is 12.0 Å². The van der Waals surface area contributed by atoms with Crippen LogP contribution in [-0.2, 0) is 0 Å². The number of aryl methyl sites for hydroxylation is 1. The molecule has 0 spiro atoms. The minimum Gasteiger partial charge on any atom is -0.495 e. The molecule has 2 atom stereocenters. The minimum atomic E-state index is -0.851. The van der Waals surface area contributed by atoms with E-state index in [0.717, 1.165) is 11.1 Å². The summed E-state index contributed by atoms with van der Waals surface area (Å²) in [4.78, 5) is 14.6. The summed E-state index contributed by atoms with van der Waals surface area (Å²) in [6.45, 7) is 3.91. The Morgan fingerprint density at radius 3 is 2.69 bits per heavy atom. The van der Waals surface area contributed by atoms with E-state index in [1.807, 2.05) is 50.2 Å². The molecule has 6 heteroatoms. The molecule has 2 aromatic carbocycles. The van der Waals surface area contributed by atoms with Crippen LogP contribution in [0.15, 0.2) is 36.4 Å². The maximum absolute atomic E-state index is 13.0. The largest absolute Gasteiger partial charge is 0.495 e. The van der Waals surface area contributed by atoms with Gasteiger partial charge >= 0.3 is 6.03 Å². The normalized spacial score (nSPS) is 23.6. The quantitative estimate of drug-likeness (QED) is 0.911. The predicted molar refractivity (Wildman–Crippen MR) is 98.1 cm³/mol. The average Bonchev–Trinajstić information content (AvgIpc) is 2.61. The molecule has 26 heavy (non-hydrogen) atoms. The van der Waals surface area contributed by atoms with Gasteiger partial charge in [0.15, 0.2) is 17.2 Å². The highest BCUT2D eigenvalue weighted by Gasteiger charge is 2.51. The van der Waals surface area contributed by atoms with Crippen LogP contribution in [0.25, 0.3) is 0 Å². The van der Waals surface area contributed by atoms with Gasteiger partial charge in [0.05, 0.1) is 25.9 Å². The molecule has 2 bridgehead atoms. The number of fused-ring (bicyclic) bond motifs is 4. The maximum Gasteiger partial charge on any atom is 0.325 e. The number of para-hydroxylation sites is 1. The van der Waals surface area contributed by atoms with Gasteiger partial charge in [0.1, 0.15) is 5.75 Å². The van der Waals surface area contributed by atoms with Gasteiger partial charge in [0.2, 0.25) is 0 Å². The van der Waals surface area contributed by atoms with Gasteiger partial charge in [-0.3, -0.25) is 4.90 Å². The molecule has 2 heterocycles. The van der Waals surface area contributed by atoms with Crippen LogP contribution in [0.4, 0.5) is 10.5 Å². The Bertz CT molecular complexity index is 882. The Labute approximate surface area is 152 Å². The van der Waals surface area contributed by atoms with Crippen molar-refractivity contribution < 1.29 is 19.0 Å². The van der Waals surface area contributed by atoms with E-state index < -0.39 is 5.72 Å². The lowest BCUT2D eigenvalue weighted by Gasteiger charge is -2.50.